The fraction of sp³-hybridized carbons (Fsp3) is 0.417. The van der Waals surface area contributed by atoms with E-state index in [1.165, 1.54) is 23.3 Å². The average molecular weight is 538 g/mol. The van der Waals surface area contributed by atoms with E-state index in [0.29, 0.717) is 26.1 Å². The number of benzene rings is 2. The van der Waals surface area contributed by atoms with Crippen molar-refractivity contribution in [3.05, 3.63) is 71.0 Å². The van der Waals surface area contributed by atoms with Gasteiger partial charge in [0.25, 0.3) is 0 Å². The Kier molecular flexibility index (Phi) is 10.8. The number of amides is 1. The molecule has 0 aliphatic carbocycles. The second-order valence-electron chi connectivity index (χ2n) is 7.50. The van der Waals surface area contributed by atoms with Gasteiger partial charge in [-0.2, -0.15) is 0 Å². The van der Waals surface area contributed by atoms with Crippen molar-refractivity contribution in [1.29, 1.82) is 0 Å². The van der Waals surface area contributed by atoms with Crippen molar-refractivity contribution in [2.75, 3.05) is 26.2 Å². The van der Waals surface area contributed by atoms with Gasteiger partial charge in [0.05, 0.1) is 0 Å². The summed E-state index contributed by atoms with van der Waals surface area (Å²) in [5.41, 5.74) is 3.69. The lowest BCUT2D eigenvalue weighted by molar-refractivity contribution is -0.132. The molecule has 1 aliphatic heterocycles. The molecule has 0 spiro atoms. The molecule has 2 aromatic rings. The summed E-state index contributed by atoms with van der Waals surface area (Å²) < 4.78 is 13.0. The third kappa shape index (κ3) is 8.12. The zero-order valence-corrected chi connectivity index (χ0v) is 20.4. The van der Waals surface area contributed by atoms with Crippen LogP contribution in [-0.4, -0.2) is 42.9 Å². The van der Waals surface area contributed by atoms with Crippen LogP contribution in [0.3, 0.4) is 0 Å². The van der Waals surface area contributed by atoms with Crippen LogP contribution < -0.4 is 10.6 Å². The van der Waals surface area contributed by atoms with Crippen LogP contribution >= 0.6 is 24.0 Å². The number of nitrogens with one attached hydrogen (secondary N) is 2. The zero-order valence-electron chi connectivity index (χ0n) is 18.1. The maximum Gasteiger partial charge on any atom is 0.222 e. The Morgan fingerprint density at radius 3 is 2.58 bits per heavy atom. The SMILES string of the molecule is CCNC(=NCCCC(=O)N1CCc2ccccc2C1)NCCc1ccc(F)cc1.I. The van der Waals surface area contributed by atoms with Gasteiger partial charge in [-0.25, -0.2) is 4.39 Å². The zero-order chi connectivity index (χ0) is 21.2. The van der Waals surface area contributed by atoms with Crippen LogP contribution in [0.4, 0.5) is 4.39 Å². The summed E-state index contributed by atoms with van der Waals surface area (Å²) in [6.45, 7) is 5.62. The predicted octanol–water partition coefficient (Wildman–Crippen LogP) is 3.91. The molecule has 1 amide bonds. The minimum atomic E-state index is -0.218. The Morgan fingerprint density at radius 2 is 1.84 bits per heavy atom. The van der Waals surface area contributed by atoms with Crippen molar-refractivity contribution < 1.29 is 9.18 Å². The van der Waals surface area contributed by atoms with Crippen molar-refractivity contribution in [3.63, 3.8) is 0 Å². The number of nitrogens with zero attached hydrogens (tertiary/aromatic N) is 2. The highest BCUT2D eigenvalue weighted by molar-refractivity contribution is 14.0. The van der Waals surface area contributed by atoms with Gasteiger partial charge >= 0.3 is 0 Å². The fourth-order valence-electron chi connectivity index (χ4n) is 3.61. The maximum atomic E-state index is 13.0. The first-order valence-corrected chi connectivity index (χ1v) is 10.8. The molecule has 1 heterocycles. The number of aliphatic imine (C=N–C) groups is 1. The van der Waals surface area contributed by atoms with Gasteiger partial charge in [-0.1, -0.05) is 36.4 Å². The van der Waals surface area contributed by atoms with Crippen molar-refractivity contribution in [3.8, 4) is 0 Å². The number of hydrogen-bond acceptors (Lipinski definition) is 2. The summed E-state index contributed by atoms with van der Waals surface area (Å²) in [5.74, 6) is 0.734. The van der Waals surface area contributed by atoms with E-state index in [1.54, 1.807) is 12.1 Å². The summed E-state index contributed by atoms with van der Waals surface area (Å²) in [5, 5.41) is 6.52. The fourth-order valence-corrected chi connectivity index (χ4v) is 3.61. The molecule has 1 aliphatic rings. The number of hydrogen-bond donors (Lipinski definition) is 2. The lowest BCUT2D eigenvalue weighted by Gasteiger charge is -2.28. The molecule has 31 heavy (non-hydrogen) atoms. The molecule has 7 heteroatoms. The summed E-state index contributed by atoms with van der Waals surface area (Å²) in [7, 11) is 0. The van der Waals surface area contributed by atoms with Crippen LogP contribution in [0.2, 0.25) is 0 Å². The van der Waals surface area contributed by atoms with Gasteiger partial charge in [0.2, 0.25) is 5.91 Å². The first-order chi connectivity index (χ1) is 14.7. The van der Waals surface area contributed by atoms with Crippen LogP contribution in [0.1, 0.15) is 36.5 Å². The smallest absolute Gasteiger partial charge is 0.222 e. The molecule has 0 fully saturated rings. The minimum Gasteiger partial charge on any atom is -0.357 e. The highest BCUT2D eigenvalue weighted by Gasteiger charge is 2.19. The van der Waals surface area contributed by atoms with Gasteiger partial charge in [-0.05, 0) is 55.0 Å². The second kappa shape index (κ2) is 13.3. The number of fused-ring (bicyclic) bond motifs is 1. The van der Waals surface area contributed by atoms with Gasteiger partial charge < -0.3 is 15.5 Å². The van der Waals surface area contributed by atoms with Crippen LogP contribution in [0, 0.1) is 5.82 Å². The molecule has 2 aromatic carbocycles. The highest BCUT2D eigenvalue weighted by atomic mass is 127. The Bertz CT molecular complexity index is 857. The summed E-state index contributed by atoms with van der Waals surface area (Å²) in [6, 6.07) is 14.9. The molecule has 5 nitrogen and oxygen atoms in total. The highest BCUT2D eigenvalue weighted by Crippen LogP contribution is 2.19. The third-order valence-corrected chi connectivity index (χ3v) is 5.27. The molecule has 0 saturated heterocycles. The molecule has 0 radical (unpaired) electrons. The number of rotatable bonds is 8. The van der Waals surface area contributed by atoms with Crippen LogP contribution in [0.15, 0.2) is 53.5 Å². The first kappa shape index (κ1) is 25.1. The topological polar surface area (TPSA) is 56.7 Å². The predicted molar refractivity (Wildman–Crippen MR) is 134 cm³/mol. The summed E-state index contributed by atoms with van der Waals surface area (Å²) in [4.78, 5) is 19.1. The first-order valence-electron chi connectivity index (χ1n) is 10.8. The molecule has 0 unspecified atom stereocenters. The van der Waals surface area contributed by atoms with Gasteiger partial charge in [0.1, 0.15) is 5.82 Å². The van der Waals surface area contributed by atoms with E-state index in [-0.39, 0.29) is 35.7 Å². The quantitative estimate of drug-likeness (QED) is 0.232. The van der Waals surface area contributed by atoms with E-state index in [1.807, 2.05) is 17.9 Å². The van der Waals surface area contributed by atoms with E-state index in [4.69, 9.17) is 0 Å². The summed E-state index contributed by atoms with van der Waals surface area (Å²) in [6.07, 6.45) is 2.97. The molecule has 0 atom stereocenters. The number of halogens is 2. The van der Waals surface area contributed by atoms with Gasteiger partial charge in [-0.15, -0.1) is 24.0 Å². The Hall–Kier alpha value is -2.16. The van der Waals surface area contributed by atoms with E-state index in [2.05, 4.69) is 33.8 Å². The third-order valence-electron chi connectivity index (χ3n) is 5.27. The molecular formula is C24H32FIN4O. The standard InChI is InChI=1S/C24H31FN4O.HI/c1-2-26-24(28-16-13-19-9-11-22(25)12-10-19)27-15-5-8-23(30)29-17-14-20-6-3-4-7-21(20)18-29;/h3-4,6-7,9-12H,2,5,8,13-18H2,1H3,(H2,26,27,28);1H. The molecule has 3 rings (SSSR count). The average Bonchev–Trinajstić information content (AvgIpc) is 2.77. The van der Waals surface area contributed by atoms with Crippen molar-refractivity contribution >= 4 is 35.8 Å². The largest absolute Gasteiger partial charge is 0.357 e. The Labute approximate surface area is 201 Å². The van der Waals surface area contributed by atoms with E-state index in [9.17, 15) is 9.18 Å². The number of carbonyl (C=O) groups is 1. The summed E-state index contributed by atoms with van der Waals surface area (Å²) >= 11 is 0. The van der Waals surface area contributed by atoms with Gasteiger partial charge in [-0.3, -0.25) is 9.79 Å². The normalized spacial score (nSPS) is 13.2. The monoisotopic (exact) mass is 538 g/mol. The van der Waals surface area contributed by atoms with Crippen molar-refractivity contribution in [2.45, 2.75) is 39.2 Å². The molecule has 0 bridgehead atoms. The molecule has 0 aromatic heterocycles. The lowest BCUT2D eigenvalue weighted by atomic mass is 9.99. The minimum absolute atomic E-state index is 0. The van der Waals surface area contributed by atoms with Crippen LogP contribution in [-0.2, 0) is 24.2 Å². The van der Waals surface area contributed by atoms with Gasteiger partial charge in [0.15, 0.2) is 5.96 Å². The van der Waals surface area contributed by atoms with E-state index >= 15 is 0 Å². The van der Waals surface area contributed by atoms with Crippen molar-refractivity contribution in [1.82, 2.24) is 15.5 Å². The van der Waals surface area contributed by atoms with E-state index in [0.717, 1.165) is 43.9 Å². The molecular weight excluding hydrogens is 506 g/mol. The van der Waals surface area contributed by atoms with E-state index < -0.39 is 0 Å². The Morgan fingerprint density at radius 1 is 1.10 bits per heavy atom. The van der Waals surface area contributed by atoms with Crippen molar-refractivity contribution in [2.24, 2.45) is 4.99 Å². The molecule has 0 saturated carbocycles. The second-order valence-corrected chi connectivity index (χ2v) is 7.50. The Balaban J connectivity index is 0.00000341. The number of carbonyl (C=O) groups excluding carboxylic acids is 1. The lowest BCUT2D eigenvalue weighted by Crippen LogP contribution is -2.38. The van der Waals surface area contributed by atoms with Crippen LogP contribution in [0.25, 0.3) is 0 Å². The number of guanidine groups is 1. The maximum absolute atomic E-state index is 13.0. The molecule has 168 valence electrons. The molecule has 2 N–H and O–H groups in total. The van der Waals surface area contributed by atoms with Crippen LogP contribution in [0.5, 0.6) is 0 Å². The van der Waals surface area contributed by atoms with Gasteiger partial charge in [0, 0.05) is 39.1 Å².